The van der Waals surface area contributed by atoms with Crippen LogP contribution in [0, 0.1) is 12.3 Å². The number of ether oxygens (including phenoxy) is 1. The maximum absolute atomic E-state index is 11.0. The summed E-state index contributed by atoms with van der Waals surface area (Å²) >= 11 is 0. The molecule has 0 aliphatic rings. The minimum absolute atomic E-state index is 0.0119. The number of carbonyl (C=O) groups excluding carboxylic acids is 1. The summed E-state index contributed by atoms with van der Waals surface area (Å²) in [7, 11) is 0. The minimum atomic E-state index is -0.424. The second-order valence-electron chi connectivity index (χ2n) is 2.56. The molecule has 0 saturated carbocycles. The quantitative estimate of drug-likeness (QED) is 0.409. The topological polar surface area (TPSA) is 26.3 Å². The molecule has 0 aromatic heterocycles. The highest BCUT2D eigenvalue weighted by Crippen LogP contribution is 2.00. The van der Waals surface area contributed by atoms with E-state index >= 15 is 0 Å². The number of hydrogen-bond acceptors (Lipinski definition) is 2. The van der Waals surface area contributed by atoms with E-state index in [9.17, 15) is 4.79 Å². The van der Waals surface area contributed by atoms with Crippen molar-refractivity contribution in [3.05, 3.63) is 42.0 Å². The standard InChI is InChI=1S/C12H10O2/c1-2-10-14-12(13)9-8-11-6-4-3-5-7-11/h1,3-9H,10H2/b9-8+. The summed E-state index contributed by atoms with van der Waals surface area (Å²) in [6.45, 7) is 0.0119. The van der Waals surface area contributed by atoms with E-state index in [1.165, 1.54) is 6.08 Å². The van der Waals surface area contributed by atoms with Crippen molar-refractivity contribution in [3.8, 4) is 12.3 Å². The summed E-state index contributed by atoms with van der Waals surface area (Å²) in [4.78, 5) is 11.0. The van der Waals surface area contributed by atoms with Gasteiger partial charge in [-0.25, -0.2) is 4.79 Å². The van der Waals surface area contributed by atoms with Gasteiger partial charge in [0.15, 0.2) is 6.61 Å². The van der Waals surface area contributed by atoms with E-state index in [-0.39, 0.29) is 6.61 Å². The summed E-state index contributed by atoms with van der Waals surface area (Å²) < 4.78 is 4.65. The van der Waals surface area contributed by atoms with Gasteiger partial charge in [-0.1, -0.05) is 36.3 Å². The first-order chi connectivity index (χ1) is 6.83. The number of hydrogen-bond donors (Lipinski definition) is 0. The monoisotopic (exact) mass is 186 g/mol. The second-order valence-corrected chi connectivity index (χ2v) is 2.56. The summed E-state index contributed by atoms with van der Waals surface area (Å²) in [6, 6.07) is 9.49. The normalized spacial score (nSPS) is 9.64. The van der Waals surface area contributed by atoms with Crippen molar-refractivity contribution in [2.45, 2.75) is 0 Å². The fourth-order valence-electron chi connectivity index (χ4n) is 0.889. The molecule has 1 rings (SSSR count). The van der Waals surface area contributed by atoms with Gasteiger partial charge >= 0.3 is 5.97 Å². The molecule has 1 aromatic carbocycles. The van der Waals surface area contributed by atoms with Gasteiger partial charge in [-0.05, 0) is 11.6 Å². The molecular formula is C12H10O2. The SMILES string of the molecule is C#CCOC(=O)/C=C/c1ccccc1. The molecule has 0 aliphatic carbocycles. The molecular weight excluding hydrogens is 176 g/mol. The Morgan fingerprint density at radius 1 is 1.43 bits per heavy atom. The van der Waals surface area contributed by atoms with Gasteiger partial charge in [0.1, 0.15) is 0 Å². The summed E-state index contributed by atoms with van der Waals surface area (Å²) in [6.07, 6.45) is 7.97. The Bertz CT molecular complexity index is 358. The first-order valence-corrected chi connectivity index (χ1v) is 4.16. The van der Waals surface area contributed by atoms with Crippen LogP contribution < -0.4 is 0 Å². The predicted molar refractivity (Wildman–Crippen MR) is 55.3 cm³/mol. The average molecular weight is 186 g/mol. The Morgan fingerprint density at radius 3 is 2.79 bits per heavy atom. The van der Waals surface area contributed by atoms with Crippen LogP contribution in [0.3, 0.4) is 0 Å². The van der Waals surface area contributed by atoms with Crippen LogP contribution in [0.5, 0.6) is 0 Å². The van der Waals surface area contributed by atoms with Crippen molar-refractivity contribution in [2.24, 2.45) is 0 Å². The van der Waals surface area contributed by atoms with Crippen LogP contribution in [0.15, 0.2) is 36.4 Å². The fourth-order valence-corrected chi connectivity index (χ4v) is 0.889. The van der Waals surface area contributed by atoms with E-state index < -0.39 is 5.97 Å². The van der Waals surface area contributed by atoms with Crippen LogP contribution >= 0.6 is 0 Å². The first kappa shape index (κ1) is 10.1. The van der Waals surface area contributed by atoms with Gasteiger partial charge in [-0.3, -0.25) is 0 Å². The van der Waals surface area contributed by atoms with Crippen LogP contribution in [0.2, 0.25) is 0 Å². The van der Waals surface area contributed by atoms with Crippen molar-refractivity contribution in [1.82, 2.24) is 0 Å². The molecule has 14 heavy (non-hydrogen) atoms. The van der Waals surface area contributed by atoms with E-state index in [0.29, 0.717) is 0 Å². The zero-order valence-electron chi connectivity index (χ0n) is 7.64. The Hall–Kier alpha value is -2.01. The van der Waals surface area contributed by atoms with E-state index in [2.05, 4.69) is 10.7 Å². The van der Waals surface area contributed by atoms with Crippen molar-refractivity contribution in [2.75, 3.05) is 6.61 Å². The Balaban J connectivity index is 2.49. The molecule has 0 spiro atoms. The molecule has 2 heteroatoms. The molecule has 2 nitrogen and oxygen atoms in total. The Morgan fingerprint density at radius 2 is 2.14 bits per heavy atom. The number of benzene rings is 1. The summed E-state index contributed by atoms with van der Waals surface area (Å²) in [5.41, 5.74) is 0.949. The first-order valence-electron chi connectivity index (χ1n) is 4.16. The molecule has 0 N–H and O–H groups in total. The molecule has 0 atom stereocenters. The van der Waals surface area contributed by atoms with Crippen molar-refractivity contribution in [1.29, 1.82) is 0 Å². The van der Waals surface area contributed by atoms with Gasteiger partial charge in [0.2, 0.25) is 0 Å². The lowest BCUT2D eigenvalue weighted by atomic mass is 10.2. The third-order valence-electron chi connectivity index (χ3n) is 1.51. The molecule has 0 amide bonds. The molecule has 0 aliphatic heterocycles. The Labute approximate surface area is 83.2 Å². The van der Waals surface area contributed by atoms with E-state index in [1.54, 1.807) is 6.08 Å². The van der Waals surface area contributed by atoms with Crippen molar-refractivity contribution in [3.63, 3.8) is 0 Å². The average Bonchev–Trinajstić information content (AvgIpc) is 2.25. The molecule has 0 saturated heterocycles. The maximum atomic E-state index is 11.0. The van der Waals surface area contributed by atoms with Crippen molar-refractivity contribution >= 4 is 12.0 Å². The zero-order valence-corrected chi connectivity index (χ0v) is 7.64. The van der Waals surface area contributed by atoms with Crippen molar-refractivity contribution < 1.29 is 9.53 Å². The van der Waals surface area contributed by atoms with Gasteiger partial charge in [-0.2, -0.15) is 0 Å². The second kappa shape index (κ2) is 5.60. The lowest BCUT2D eigenvalue weighted by molar-refractivity contribution is -0.136. The Kier molecular flexibility index (Phi) is 4.03. The van der Waals surface area contributed by atoms with Crippen LogP contribution in [-0.2, 0) is 9.53 Å². The molecule has 0 fully saturated rings. The highest BCUT2D eigenvalue weighted by molar-refractivity contribution is 5.87. The van der Waals surface area contributed by atoms with E-state index in [1.807, 2.05) is 30.3 Å². The predicted octanol–water partition coefficient (Wildman–Crippen LogP) is 1.88. The third kappa shape index (κ3) is 3.59. The van der Waals surface area contributed by atoms with Gasteiger partial charge in [-0.15, -0.1) is 6.42 Å². The number of esters is 1. The highest BCUT2D eigenvalue weighted by Gasteiger charge is 1.93. The van der Waals surface area contributed by atoms with Gasteiger partial charge < -0.3 is 4.74 Å². The fraction of sp³-hybridized carbons (Fsp3) is 0.0833. The minimum Gasteiger partial charge on any atom is -0.449 e. The largest absolute Gasteiger partial charge is 0.449 e. The van der Waals surface area contributed by atoms with Crippen LogP contribution in [0.25, 0.3) is 6.08 Å². The zero-order chi connectivity index (χ0) is 10.2. The molecule has 0 heterocycles. The number of rotatable bonds is 3. The molecule has 1 aromatic rings. The number of carbonyl (C=O) groups is 1. The summed E-state index contributed by atoms with van der Waals surface area (Å²) in [5.74, 6) is 1.80. The van der Waals surface area contributed by atoms with E-state index in [4.69, 9.17) is 6.42 Å². The molecule has 70 valence electrons. The molecule has 0 bridgehead atoms. The smallest absolute Gasteiger partial charge is 0.331 e. The maximum Gasteiger partial charge on any atom is 0.331 e. The van der Waals surface area contributed by atoms with Crippen LogP contribution in [0.1, 0.15) is 5.56 Å². The van der Waals surface area contributed by atoms with Gasteiger partial charge in [0.25, 0.3) is 0 Å². The highest BCUT2D eigenvalue weighted by atomic mass is 16.5. The van der Waals surface area contributed by atoms with Crippen LogP contribution in [0.4, 0.5) is 0 Å². The summed E-state index contributed by atoms with van der Waals surface area (Å²) in [5, 5.41) is 0. The number of terminal acetylenes is 1. The lowest BCUT2D eigenvalue weighted by Crippen LogP contribution is -1.99. The third-order valence-corrected chi connectivity index (χ3v) is 1.51. The lowest BCUT2D eigenvalue weighted by Gasteiger charge is -1.94. The molecule has 0 radical (unpaired) electrons. The van der Waals surface area contributed by atoms with Crippen LogP contribution in [-0.4, -0.2) is 12.6 Å². The van der Waals surface area contributed by atoms with Gasteiger partial charge in [0, 0.05) is 6.08 Å². The van der Waals surface area contributed by atoms with E-state index in [0.717, 1.165) is 5.56 Å². The molecule has 0 unspecified atom stereocenters. The van der Waals surface area contributed by atoms with Gasteiger partial charge in [0.05, 0.1) is 0 Å².